The molecule has 13 nitrogen and oxygen atoms in total. The zero-order valence-corrected chi connectivity index (χ0v) is 34.5. The molecule has 1 fully saturated rings. The highest BCUT2D eigenvalue weighted by molar-refractivity contribution is 5.90. The third kappa shape index (κ3) is 12.1. The van der Waals surface area contributed by atoms with Gasteiger partial charge in [-0.15, -0.1) is 0 Å². The molecule has 0 spiro atoms. The number of rotatable bonds is 22. The van der Waals surface area contributed by atoms with Gasteiger partial charge < -0.3 is 35.0 Å². The molecular weight excluding hydrogens is 690 g/mol. The summed E-state index contributed by atoms with van der Waals surface area (Å²) < 4.78 is 11.8. The van der Waals surface area contributed by atoms with Crippen LogP contribution in [0.2, 0.25) is 0 Å². The van der Waals surface area contributed by atoms with Crippen LogP contribution in [0, 0.1) is 17.8 Å². The van der Waals surface area contributed by atoms with E-state index in [1.165, 1.54) is 14.2 Å². The second-order valence-corrected chi connectivity index (χ2v) is 15.3. The third-order valence-electron chi connectivity index (χ3n) is 10.8. The Labute approximate surface area is 323 Å². The Balaban J connectivity index is 2.28. The molecule has 13 heteroatoms. The number of likely N-dealkylation sites (N-methyl/N-ethyl adjacent to an activating group) is 2. The van der Waals surface area contributed by atoms with E-state index in [2.05, 4.69) is 17.2 Å². The van der Waals surface area contributed by atoms with Crippen molar-refractivity contribution in [3.8, 4) is 0 Å². The lowest BCUT2D eigenvalue weighted by Gasteiger charge is -2.39. The first-order valence-corrected chi connectivity index (χ1v) is 19.3. The molecule has 4 amide bonds. The lowest BCUT2D eigenvalue weighted by Crippen LogP contribution is -2.59. The zero-order chi connectivity index (χ0) is 40.9. The molecule has 0 aromatic heterocycles. The van der Waals surface area contributed by atoms with Crippen molar-refractivity contribution >= 4 is 29.6 Å². The van der Waals surface area contributed by atoms with Crippen LogP contribution in [0.15, 0.2) is 42.5 Å². The number of hydrogen-bond acceptors (Lipinski definition) is 8. The number of carboxylic acids is 1. The summed E-state index contributed by atoms with van der Waals surface area (Å²) in [6.45, 7) is 18.7. The average molecular weight is 758 g/mol. The maximum atomic E-state index is 14.2. The quantitative estimate of drug-likeness (QED) is 0.150. The topological polar surface area (TPSA) is 158 Å². The molecule has 3 N–H and O–H groups in total. The van der Waals surface area contributed by atoms with E-state index in [0.717, 1.165) is 5.56 Å². The number of nitrogens with zero attached hydrogens (tertiary/aromatic N) is 3. The van der Waals surface area contributed by atoms with Crippen molar-refractivity contribution in [3.63, 3.8) is 0 Å². The first-order chi connectivity index (χ1) is 25.4. The van der Waals surface area contributed by atoms with Crippen LogP contribution in [0.5, 0.6) is 0 Å². The van der Waals surface area contributed by atoms with E-state index in [9.17, 15) is 29.1 Å². The minimum absolute atomic E-state index is 0.0258. The van der Waals surface area contributed by atoms with Gasteiger partial charge in [0.25, 0.3) is 0 Å². The van der Waals surface area contributed by atoms with Gasteiger partial charge in [-0.1, -0.05) is 91.0 Å². The van der Waals surface area contributed by atoms with Gasteiger partial charge in [-0.25, -0.2) is 4.79 Å². The van der Waals surface area contributed by atoms with Gasteiger partial charge in [-0.2, -0.15) is 0 Å². The molecule has 1 unspecified atom stereocenters. The number of methoxy groups -OCH3 is 2. The van der Waals surface area contributed by atoms with Gasteiger partial charge in [0, 0.05) is 34.2 Å². The fourth-order valence-corrected chi connectivity index (χ4v) is 7.57. The normalized spacial score (nSPS) is 18.4. The van der Waals surface area contributed by atoms with E-state index in [1.807, 2.05) is 83.8 Å². The molecule has 1 heterocycles. The van der Waals surface area contributed by atoms with Crippen LogP contribution in [0.4, 0.5) is 0 Å². The lowest BCUT2D eigenvalue weighted by atomic mass is 9.92. The standard InChI is InChI=1S/C41H67N5O8/c1-13-27(7)36(45(10)40(50)34(25(3)4)43-39(49)35(26(5)6)44(9)14-2)32(53-11)24-33(47)46-22-18-21-31(46)37(54-12)28(8)38(48)42-30(41(51)52)23-29-19-16-15-17-20-29/h15-17,19-20,25-26,28,30-32,34-37H,7,13-14,18,21-24H2,1-6,8-12H3,(H,42,48)(H,43,49)(H,51,52)/t28-,30+,31+,32?,34+,35+,36+,37-/m1/s1. The van der Waals surface area contributed by atoms with Gasteiger partial charge in [0.2, 0.25) is 23.6 Å². The highest BCUT2D eigenvalue weighted by Crippen LogP contribution is 2.29. The van der Waals surface area contributed by atoms with E-state index in [-0.39, 0.29) is 42.4 Å². The summed E-state index contributed by atoms with van der Waals surface area (Å²) >= 11 is 0. The van der Waals surface area contributed by atoms with E-state index in [0.29, 0.717) is 37.9 Å². The van der Waals surface area contributed by atoms with E-state index in [1.54, 1.807) is 23.8 Å². The molecule has 1 aromatic rings. The number of hydrogen-bond donors (Lipinski definition) is 3. The number of amides is 4. The number of carbonyl (C=O) groups is 5. The van der Waals surface area contributed by atoms with Crippen molar-refractivity contribution in [1.29, 1.82) is 0 Å². The minimum Gasteiger partial charge on any atom is -0.480 e. The van der Waals surface area contributed by atoms with Crippen molar-refractivity contribution in [3.05, 3.63) is 48.0 Å². The van der Waals surface area contributed by atoms with Crippen LogP contribution in [0.3, 0.4) is 0 Å². The Hall–Kier alpha value is -3.81. The van der Waals surface area contributed by atoms with Crippen LogP contribution < -0.4 is 10.6 Å². The van der Waals surface area contributed by atoms with Gasteiger partial charge >= 0.3 is 5.97 Å². The molecule has 1 saturated heterocycles. The fourth-order valence-electron chi connectivity index (χ4n) is 7.57. The molecule has 0 aliphatic carbocycles. The minimum atomic E-state index is -1.14. The summed E-state index contributed by atoms with van der Waals surface area (Å²) in [7, 11) is 6.54. The number of carboxylic acid groups (broad SMARTS) is 1. The summed E-state index contributed by atoms with van der Waals surface area (Å²) in [5, 5.41) is 15.6. The number of benzene rings is 1. The Kier molecular flexibility index (Phi) is 18.8. The Morgan fingerprint density at radius 2 is 1.56 bits per heavy atom. The molecule has 8 atom stereocenters. The van der Waals surface area contributed by atoms with Gasteiger partial charge in [-0.05, 0) is 50.3 Å². The summed E-state index contributed by atoms with van der Waals surface area (Å²) in [6.07, 6.45) is 0.407. The second-order valence-electron chi connectivity index (χ2n) is 15.3. The molecule has 304 valence electrons. The van der Waals surface area contributed by atoms with E-state index < -0.39 is 60.2 Å². The second kappa shape index (κ2) is 21.9. The maximum absolute atomic E-state index is 14.2. The zero-order valence-electron chi connectivity index (χ0n) is 34.5. The highest BCUT2D eigenvalue weighted by atomic mass is 16.5. The monoisotopic (exact) mass is 757 g/mol. The van der Waals surface area contributed by atoms with Crippen molar-refractivity contribution in [1.82, 2.24) is 25.3 Å². The first-order valence-electron chi connectivity index (χ1n) is 19.3. The van der Waals surface area contributed by atoms with Crippen LogP contribution in [-0.2, 0) is 39.9 Å². The van der Waals surface area contributed by atoms with Crippen molar-refractivity contribution in [2.45, 2.75) is 123 Å². The molecule has 1 aliphatic rings. The summed E-state index contributed by atoms with van der Waals surface area (Å²) in [5.41, 5.74) is 1.48. The molecule has 1 aliphatic heterocycles. The molecule has 2 rings (SSSR count). The van der Waals surface area contributed by atoms with Crippen LogP contribution in [0.25, 0.3) is 0 Å². The summed E-state index contributed by atoms with van der Waals surface area (Å²) in [6, 6.07) is 5.60. The predicted molar refractivity (Wildman–Crippen MR) is 210 cm³/mol. The smallest absolute Gasteiger partial charge is 0.326 e. The highest BCUT2D eigenvalue weighted by Gasteiger charge is 2.43. The third-order valence-corrected chi connectivity index (χ3v) is 10.8. The number of carbonyl (C=O) groups excluding carboxylic acids is 4. The van der Waals surface area contributed by atoms with E-state index in [4.69, 9.17) is 9.47 Å². The predicted octanol–water partition coefficient (Wildman–Crippen LogP) is 3.76. The molecule has 54 heavy (non-hydrogen) atoms. The molecule has 1 aromatic carbocycles. The fraction of sp³-hybridized carbons (Fsp3) is 0.683. The lowest BCUT2D eigenvalue weighted by molar-refractivity contribution is -0.146. The molecule has 0 saturated carbocycles. The maximum Gasteiger partial charge on any atom is 0.326 e. The Bertz CT molecular complexity index is 1400. The van der Waals surface area contributed by atoms with Crippen molar-refractivity contribution in [2.75, 3.05) is 41.4 Å². The van der Waals surface area contributed by atoms with Gasteiger partial charge in [0.05, 0.1) is 42.7 Å². The van der Waals surface area contributed by atoms with Gasteiger partial charge in [0.1, 0.15) is 12.1 Å². The molecule has 0 radical (unpaired) electrons. The molecular formula is C41H67N5O8. The van der Waals surface area contributed by atoms with Crippen molar-refractivity contribution in [2.24, 2.45) is 17.8 Å². The SMILES string of the molecule is C=C(CC)[C@@H](C(CC(=O)N1CCC[C@H]1[C@H](OC)[C@@H](C)C(=O)N[C@@H](Cc1ccccc1)C(=O)O)OC)N(C)C(=O)[C@@H](NC(=O)[C@H](C(C)C)N(C)CC)C(C)C. The van der Waals surface area contributed by atoms with Crippen LogP contribution in [0.1, 0.15) is 79.7 Å². The Morgan fingerprint density at radius 3 is 2.06 bits per heavy atom. The van der Waals surface area contributed by atoms with Crippen molar-refractivity contribution < 1.29 is 38.6 Å². The summed E-state index contributed by atoms with van der Waals surface area (Å²) in [4.78, 5) is 72.7. The number of nitrogens with one attached hydrogen (secondary N) is 2. The number of aliphatic carboxylic acids is 1. The van der Waals surface area contributed by atoms with Gasteiger partial charge in [0.15, 0.2) is 0 Å². The summed E-state index contributed by atoms with van der Waals surface area (Å²) in [5.74, 6) is -3.34. The number of ether oxygens (including phenoxy) is 2. The largest absolute Gasteiger partial charge is 0.480 e. The first kappa shape index (κ1) is 46.3. The van der Waals surface area contributed by atoms with Crippen LogP contribution >= 0.6 is 0 Å². The number of likely N-dealkylation sites (tertiary alicyclic amines) is 1. The van der Waals surface area contributed by atoms with Crippen LogP contribution in [-0.4, -0.2) is 133 Å². The average Bonchev–Trinajstić information content (AvgIpc) is 3.62. The molecule has 0 bridgehead atoms. The Morgan fingerprint density at radius 1 is 0.926 bits per heavy atom. The van der Waals surface area contributed by atoms with Gasteiger partial charge in [-0.3, -0.25) is 24.1 Å². The van der Waals surface area contributed by atoms with E-state index >= 15 is 0 Å².